The monoisotopic (exact) mass is 1120 g/mol. The number of hydrogen-bond acceptors (Lipinski definition) is 10. The third-order valence-electron chi connectivity index (χ3n) is 10.2. The lowest BCUT2D eigenvalue weighted by Gasteiger charge is -2.43. The van der Waals surface area contributed by atoms with Crippen LogP contribution >= 0.6 is 0 Å². The molecule has 0 saturated carbocycles. The van der Waals surface area contributed by atoms with Crippen LogP contribution in [-0.2, 0) is 39.0 Å². The minimum absolute atomic E-state index is 0.109. The fourth-order valence-electron chi connectivity index (χ4n) is 6.04. The minimum Gasteiger partial charge on any atom is -0.365 e. The number of aryl methyl sites for hydroxylation is 1. The van der Waals surface area contributed by atoms with Gasteiger partial charge in [0, 0.05) is 45.3 Å². The molecule has 2 aromatic rings. The molecule has 3 atom stereocenters. The number of alkyl halides is 17. The van der Waals surface area contributed by atoms with Crippen LogP contribution in [0.2, 0.25) is 0 Å². The van der Waals surface area contributed by atoms with Gasteiger partial charge in [0.1, 0.15) is 12.7 Å². The summed E-state index contributed by atoms with van der Waals surface area (Å²) in [4.78, 5) is 9.10. The van der Waals surface area contributed by atoms with Gasteiger partial charge >= 0.3 is 47.6 Å². The molecule has 13 nitrogen and oxygen atoms in total. The Kier molecular flexibility index (Phi) is 19.6. The van der Waals surface area contributed by atoms with E-state index in [2.05, 4.69) is 25.0 Å². The number of ether oxygens (including phenoxy) is 4. The molecular formula is C41H40F17N3O10S2. The van der Waals surface area contributed by atoms with Crippen molar-refractivity contribution in [2.75, 3.05) is 53.1 Å². The summed E-state index contributed by atoms with van der Waals surface area (Å²) in [7, 11) is -8.74. The van der Waals surface area contributed by atoms with Gasteiger partial charge in [-0.2, -0.15) is 83.2 Å². The second-order valence-corrected chi connectivity index (χ2v) is 19.3. The van der Waals surface area contributed by atoms with E-state index in [9.17, 15) is 92.8 Å². The molecule has 0 unspecified atom stereocenters. The molecule has 0 saturated heterocycles. The van der Waals surface area contributed by atoms with Crippen LogP contribution in [-0.4, -0.2) is 150 Å². The van der Waals surface area contributed by atoms with Crippen molar-refractivity contribution < 1.29 is 115 Å². The number of rotatable bonds is 26. The molecule has 0 aromatic heterocycles. The van der Waals surface area contributed by atoms with E-state index in [-0.39, 0.29) is 17.5 Å². The van der Waals surface area contributed by atoms with Gasteiger partial charge in [0.25, 0.3) is 5.69 Å². The largest absolute Gasteiger partial charge is 0.460 e. The van der Waals surface area contributed by atoms with Crippen LogP contribution in [0.3, 0.4) is 0 Å². The second-order valence-electron chi connectivity index (χ2n) is 15.4. The summed E-state index contributed by atoms with van der Waals surface area (Å²) in [6.07, 6.45) is -11.2. The van der Waals surface area contributed by atoms with Crippen molar-refractivity contribution in [3.8, 4) is 11.8 Å². The number of hydrogen-bond donors (Lipinski definition) is 0. The Morgan fingerprint density at radius 3 is 1.74 bits per heavy atom. The molecule has 0 N–H and O–H groups in total. The first kappa shape index (κ1) is 62.4. The molecule has 1 aliphatic rings. The zero-order chi connectivity index (χ0) is 56.0. The molecule has 1 heterocycles. The fraction of sp³-hybridized carbons (Fsp3) is 0.512. The molecule has 0 radical (unpaired) electrons. The van der Waals surface area contributed by atoms with E-state index in [1.807, 2.05) is 0 Å². The van der Waals surface area contributed by atoms with Gasteiger partial charge < -0.3 is 18.9 Å². The van der Waals surface area contributed by atoms with Crippen molar-refractivity contribution in [3.05, 3.63) is 101 Å². The minimum atomic E-state index is -8.85. The molecule has 0 spiro atoms. The van der Waals surface area contributed by atoms with Crippen LogP contribution in [0.25, 0.3) is 0 Å². The van der Waals surface area contributed by atoms with Gasteiger partial charge in [0.05, 0.1) is 40.6 Å². The zero-order valence-electron chi connectivity index (χ0n) is 37.3. The molecular weight excluding hydrogens is 1080 g/mol. The lowest BCUT2D eigenvalue weighted by atomic mass is 9.88. The molecule has 32 heteroatoms. The molecule has 2 aromatic carbocycles. The number of nitrogens with zero attached hydrogens (tertiary/aromatic N) is 3. The van der Waals surface area contributed by atoms with Crippen molar-refractivity contribution in [2.45, 2.75) is 89.3 Å². The number of sulfonamides is 2. The molecule has 73 heavy (non-hydrogen) atoms. The fourth-order valence-corrected chi connectivity index (χ4v) is 8.86. The van der Waals surface area contributed by atoms with Crippen molar-refractivity contribution in [2.24, 2.45) is 0 Å². The highest BCUT2D eigenvalue weighted by Gasteiger charge is 2.95. The Hall–Kier alpha value is -4.91. The summed E-state index contributed by atoms with van der Waals surface area (Å²) in [6, 6.07) is 7.55. The van der Waals surface area contributed by atoms with Crippen LogP contribution in [0, 0.1) is 28.9 Å². The molecule has 0 bridgehead atoms. The topological polar surface area (TPSA) is 155 Å². The lowest BCUT2D eigenvalue weighted by Crippen LogP contribution is -2.74. The second kappa shape index (κ2) is 22.9. The van der Waals surface area contributed by atoms with Crippen LogP contribution in [0.5, 0.6) is 0 Å². The molecule has 0 aliphatic carbocycles. The first-order valence-corrected chi connectivity index (χ1v) is 22.9. The first-order chi connectivity index (χ1) is 33.2. The Morgan fingerprint density at radius 1 is 0.753 bits per heavy atom. The van der Waals surface area contributed by atoms with Gasteiger partial charge in [-0.25, -0.2) is 16.8 Å². The van der Waals surface area contributed by atoms with Crippen molar-refractivity contribution >= 4 is 25.7 Å². The highest BCUT2D eigenvalue weighted by molar-refractivity contribution is 7.89. The molecule has 0 fully saturated rings. The number of nitro groups is 1. The van der Waals surface area contributed by atoms with E-state index >= 15 is 8.78 Å². The van der Waals surface area contributed by atoms with Gasteiger partial charge in [-0.05, 0) is 36.8 Å². The predicted octanol–water partition coefficient (Wildman–Crippen LogP) is 9.06. The zero-order valence-corrected chi connectivity index (χ0v) is 39.0. The van der Waals surface area contributed by atoms with E-state index < -0.39 is 151 Å². The number of benzene rings is 2. The predicted molar refractivity (Wildman–Crippen MR) is 220 cm³/mol. The van der Waals surface area contributed by atoms with E-state index in [1.54, 1.807) is 0 Å². The first-order valence-electron chi connectivity index (χ1n) is 20.0. The maximum atomic E-state index is 15.1. The maximum Gasteiger partial charge on any atom is 0.460 e. The van der Waals surface area contributed by atoms with Crippen molar-refractivity contribution in [3.63, 3.8) is 0 Å². The highest BCUT2D eigenvalue weighted by atomic mass is 32.2. The summed E-state index contributed by atoms with van der Waals surface area (Å²) >= 11 is 0. The summed E-state index contributed by atoms with van der Waals surface area (Å²) in [5, 5.41) is 11.1. The van der Waals surface area contributed by atoms with Gasteiger partial charge in [-0.1, -0.05) is 54.3 Å². The van der Waals surface area contributed by atoms with Crippen molar-refractivity contribution in [1.82, 2.24) is 8.61 Å². The smallest absolute Gasteiger partial charge is 0.365 e. The van der Waals surface area contributed by atoms with Crippen molar-refractivity contribution in [1.29, 1.82) is 0 Å². The molecule has 410 valence electrons. The van der Waals surface area contributed by atoms with E-state index in [0.29, 0.717) is 5.56 Å². The van der Waals surface area contributed by atoms with Gasteiger partial charge in [0.2, 0.25) is 20.0 Å². The summed E-state index contributed by atoms with van der Waals surface area (Å²) < 4.78 is 314. The van der Waals surface area contributed by atoms with E-state index in [0.717, 1.165) is 59.9 Å². The normalized spacial score (nSPS) is 17.9. The standard InChI is InChI=1S/C41H40F17N3O10S2/c1-5-21-69-22-7-6-19-59(72(64,65)31-15-10-28(11-16-31)61(62)63)24-29-12-17-32(33(68-4)71-29)70-25-27(3)23-60(73(66,67)30-13-8-26(2)9-14-30)20-18-34(42,43)35(44,45)36(46,47)37(48,49)38(50,51)39(52,53)40(54,55)41(56,57)58/h5,8-17,29,32-33H,1,3,18-25H2,2,4H3/t29-,32+,33-/m0/s1. The maximum absolute atomic E-state index is 15.1. The Bertz CT molecular complexity index is 2590. The Labute approximate surface area is 404 Å². The van der Waals surface area contributed by atoms with Crippen LogP contribution in [0.1, 0.15) is 12.0 Å². The van der Waals surface area contributed by atoms with Gasteiger partial charge in [-0.15, -0.1) is 6.58 Å². The molecule has 0 amide bonds. The highest BCUT2D eigenvalue weighted by Crippen LogP contribution is 2.64. The van der Waals surface area contributed by atoms with Gasteiger partial charge in [0.15, 0.2) is 6.29 Å². The quantitative estimate of drug-likeness (QED) is 0.0223. The number of non-ortho nitro benzene ring substituents is 1. The summed E-state index contributed by atoms with van der Waals surface area (Å²) in [5.74, 6) is -53.1. The number of nitro benzene ring substituents is 1. The van der Waals surface area contributed by atoms with Crippen LogP contribution in [0.15, 0.2) is 95.3 Å². The third kappa shape index (κ3) is 13.0. The third-order valence-corrected chi connectivity index (χ3v) is 13.9. The summed E-state index contributed by atoms with van der Waals surface area (Å²) in [6.45, 7) is 2.89. The molecule has 3 rings (SSSR count). The number of methoxy groups -OCH3 is 1. The van der Waals surface area contributed by atoms with E-state index in [4.69, 9.17) is 18.9 Å². The Balaban J connectivity index is 1.90. The van der Waals surface area contributed by atoms with E-state index in [1.165, 1.54) is 25.2 Å². The SMILES string of the molecule is C=CCOCC#CCN(C[C@@H]1C=C[C@@H](OCC(=C)CN(CCC(F)(F)C(F)(F)C(F)(F)C(F)(F)C(F)(F)C(F)(F)C(F)(F)C(F)(F)F)S(=O)(=O)c2ccc(C)cc2)[C@@H](OC)O1)S(=O)(=O)c1ccc([N+](=O)[O-])cc1. The van der Waals surface area contributed by atoms with Gasteiger partial charge in [-0.3, -0.25) is 10.1 Å². The lowest BCUT2D eigenvalue weighted by molar-refractivity contribution is -0.461. The van der Waals surface area contributed by atoms with Crippen LogP contribution in [0.4, 0.5) is 80.3 Å². The average Bonchev–Trinajstić information content (AvgIpc) is 3.29. The summed E-state index contributed by atoms with van der Waals surface area (Å²) in [5.41, 5.74) is -0.615. The molecule has 1 aliphatic heterocycles. The average molecular weight is 1120 g/mol. The van der Waals surface area contributed by atoms with Crippen LogP contribution < -0.4 is 0 Å². The number of halogens is 17. The Morgan fingerprint density at radius 2 is 1.25 bits per heavy atom.